The van der Waals surface area contributed by atoms with E-state index in [-0.39, 0.29) is 5.92 Å². The van der Waals surface area contributed by atoms with Crippen LogP contribution in [0.3, 0.4) is 0 Å². The van der Waals surface area contributed by atoms with Gasteiger partial charge in [0.2, 0.25) is 5.91 Å². The maximum Gasteiger partial charge on any atom is 0.258 e. The Bertz CT molecular complexity index is 225. The molecule has 4 heteroatoms. The Hall–Kier alpha value is -0.930. The largest absolute Gasteiger partial charge is 0.344 e. The van der Waals surface area contributed by atoms with Gasteiger partial charge in [0, 0.05) is 0 Å². The van der Waals surface area contributed by atoms with Gasteiger partial charge in [0.05, 0.1) is 6.04 Å². The van der Waals surface area contributed by atoms with Crippen molar-refractivity contribution in [2.75, 3.05) is 0 Å². The van der Waals surface area contributed by atoms with Gasteiger partial charge in [0.1, 0.15) is 0 Å². The van der Waals surface area contributed by atoms with Gasteiger partial charge in [-0.2, -0.15) is 0 Å². The zero-order valence-electron chi connectivity index (χ0n) is 8.72. The molecule has 1 atom stereocenters. The number of amides is 1. The molecule has 0 aliphatic heterocycles. The van der Waals surface area contributed by atoms with Gasteiger partial charge in [-0.25, -0.2) is 8.78 Å². The van der Waals surface area contributed by atoms with Crippen molar-refractivity contribution >= 4 is 5.91 Å². The summed E-state index contributed by atoms with van der Waals surface area (Å²) in [6.45, 7) is 3.26. The van der Waals surface area contributed by atoms with Crippen LogP contribution in [0.5, 0.6) is 0 Å². The van der Waals surface area contributed by atoms with Crippen LogP contribution >= 0.6 is 0 Å². The number of alkyl halides is 2. The smallest absolute Gasteiger partial charge is 0.258 e. The molecule has 1 saturated carbocycles. The van der Waals surface area contributed by atoms with E-state index in [0.717, 1.165) is 38.2 Å². The average Bonchev–Trinajstić information content (AvgIpc) is 2.26. The van der Waals surface area contributed by atoms with Crippen LogP contribution in [0.25, 0.3) is 0 Å². The van der Waals surface area contributed by atoms with Crippen LogP contribution in [0, 0.1) is 5.92 Å². The Morgan fingerprint density at radius 3 is 2.40 bits per heavy atom. The Labute approximate surface area is 88.7 Å². The minimum absolute atomic E-state index is 0.0809. The van der Waals surface area contributed by atoms with E-state index in [1.54, 1.807) is 0 Å². The van der Waals surface area contributed by atoms with E-state index < -0.39 is 18.4 Å². The summed E-state index contributed by atoms with van der Waals surface area (Å²) in [4.78, 5) is 11.0. The molecule has 0 aromatic heterocycles. The molecule has 1 unspecified atom stereocenters. The molecule has 1 N–H and O–H groups in total. The molecule has 0 aromatic carbocycles. The zero-order valence-corrected chi connectivity index (χ0v) is 8.72. The maximum atomic E-state index is 12.7. The Morgan fingerprint density at radius 1 is 1.33 bits per heavy atom. The molecule has 0 bridgehead atoms. The number of carbonyl (C=O) groups excluding carboxylic acids is 1. The molecule has 0 heterocycles. The van der Waals surface area contributed by atoms with Gasteiger partial charge in [0.25, 0.3) is 6.43 Å². The van der Waals surface area contributed by atoms with Crippen molar-refractivity contribution < 1.29 is 13.6 Å². The third kappa shape index (κ3) is 3.61. The fourth-order valence-corrected chi connectivity index (χ4v) is 2.10. The van der Waals surface area contributed by atoms with Gasteiger partial charge < -0.3 is 5.32 Å². The molecule has 1 aliphatic rings. The predicted octanol–water partition coefficient (Wildman–Crippen LogP) is 2.50. The number of hydrogen-bond donors (Lipinski definition) is 1. The van der Waals surface area contributed by atoms with Crippen molar-refractivity contribution in [3.8, 4) is 0 Å². The van der Waals surface area contributed by atoms with E-state index in [1.807, 2.05) is 0 Å². The van der Waals surface area contributed by atoms with Crippen LogP contribution < -0.4 is 5.32 Å². The first-order valence-electron chi connectivity index (χ1n) is 5.36. The molecule has 2 nitrogen and oxygen atoms in total. The Morgan fingerprint density at radius 2 is 1.93 bits per heavy atom. The standard InChI is InChI=1S/C11H17F2NO/c1-2-9(15)14-10(11(12)13)8-6-4-3-5-7-8/h2,8,10-11H,1,3-7H2,(H,14,15). The zero-order chi connectivity index (χ0) is 11.3. The molecule has 1 aliphatic carbocycles. The number of carbonyl (C=O) groups is 1. The fraction of sp³-hybridized carbons (Fsp3) is 0.727. The summed E-state index contributed by atoms with van der Waals surface area (Å²) in [6.07, 6.45) is 3.20. The molecule has 0 spiro atoms. The number of halogens is 2. The van der Waals surface area contributed by atoms with Gasteiger partial charge in [0.15, 0.2) is 0 Å². The predicted molar refractivity (Wildman–Crippen MR) is 54.7 cm³/mol. The molecule has 0 aromatic rings. The van der Waals surface area contributed by atoms with Crippen molar-refractivity contribution in [1.82, 2.24) is 5.32 Å². The molecule has 0 radical (unpaired) electrons. The lowest BCUT2D eigenvalue weighted by atomic mass is 9.84. The molecule has 0 saturated heterocycles. The summed E-state index contributed by atoms with van der Waals surface area (Å²) in [5.74, 6) is -0.589. The van der Waals surface area contributed by atoms with Crippen LogP contribution in [0.15, 0.2) is 12.7 Å². The van der Waals surface area contributed by atoms with E-state index in [9.17, 15) is 13.6 Å². The normalized spacial score (nSPS) is 19.9. The van der Waals surface area contributed by atoms with E-state index in [4.69, 9.17) is 0 Å². The number of rotatable bonds is 4. The van der Waals surface area contributed by atoms with Crippen LogP contribution in [0.1, 0.15) is 32.1 Å². The second-order valence-electron chi connectivity index (χ2n) is 3.97. The highest BCUT2D eigenvalue weighted by atomic mass is 19.3. The molecule has 1 rings (SSSR count). The summed E-state index contributed by atoms with van der Waals surface area (Å²) < 4.78 is 25.5. The minimum atomic E-state index is -2.49. The average molecular weight is 217 g/mol. The molecule has 1 amide bonds. The quantitative estimate of drug-likeness (QED) is 0.720. The second-order valence-corrected chi connectivity index (χ2v) is 3.97. The summed E-state index contributed by atoms with van der Waals surface area (Å²) in [5, 5.41) is 2.33. The van der Waals surface area contributed by atoms with E-state index >= 15 is 0 Å². The third-order valence-electron chi connectivity index (χ3n) is 2.92. The van der Waals surface area contributed by atoms with Gasteiger partial charge in [-0.15, -0.1) is 0 Å². The van der Waals surface area contributed by atoms with Gasteiger partial charge in [-0.05, 0) is 24.8 Å². The highest BCUT2D eigenvalue weighted by Gasteiger charge is 2.31. The number of hydrogen-bond acceptors (Lipinski definition) is 1. The molecular formula is C11H17F2NO. The molecular weight excluding hydrogens is 200 g/mol. The summed E-state index contributed by atoms with van der Waals surface area (Å²) in [5.41, 5.74) is 0. The SMILES string of the molecule is C=CC(=O)NC(C(F)F)C1CCCCC1. The van der Waals surface area contributed by atoms with Crippen LogP contribution in [-0.4, -0.2) is 18.4 Å². The highest BCUT2D eigenvalue weighted by Crippen LogP contribution is 2.28. The topological polar surface area (TPSA) is 29.1 Å². The molecule has 15 heavy (non-hydrogen) atoms. The first-order chi connectivity index (χ1) is 7.15. The van der Waals surface area contributed by atoms with E-state index in [0.29, 0.717) is 0 Å². The highest BCUT2D eigenvalue weighted by molar-refractivity contribution is 5.87. The minimum Gasteiger partial charge on any atom is -0.344 e. The van der Waals surface area contributed by atoms with Gasteiger partial charge in [-0.1, -0.05) is 25.8 Å². The first-order valence-corrected chi connectivity index (χ1v) is 5.36. The van der Waals surface area contributed by atoms with Crippen molar-refractivity contribution in [2.24, 2.45) is 5.92 Å². The van der Waals surface area contributed by atoms with Crippen molar-refractivity contribution in [3.05, 3.63) is 12.7 Å². The Balaban J connectivity index is 2.55. The van der Waals surface area contributed by atoms with Crippen LogP contribution in [0.2, 0.25) is 0 Å². The monoisotopic (exact) mass is 217 g/mol. The van der Waals surface area contributed by atoms with Crippen LogP contribution in [0.4, 0.5) is 8.78 Å². The van der Waals surface area contributed by atoms with E-state index in [2.05, 4.69) is 11.9 Å². The second kappa shape index (κ2) is 5.83. The molecule has 1 fully saturated rings. The molecule has 86 valence electrons. The third-order valence-corrected chi connectivity index (χ3v) is 2.92. The van der Waals surface area contributed by atoms with E-state index in [1.165, 1.54) is 0 Å². The lowest BCUT2D eigenvalue weighted by Crippen LogP contribution is -2.45. The van der Waals surface area contributed by atoms with Gasteiger partial charge in [-0.3, -0.25) is 4.79 Å². The number of nitrogens with one attached hydrogen (secondary N) is 1. The first kappa shape index (κ1) is 12.1. The van der Waals surface area contributed by atoms with Crippen molar-refractivity contribution in [3.63, 3.8) is 0 Å². The van der Waals surface area contributed by atoms with Crippen LogP contribution in [-0.2, 0) is 4.79 Å². The lowest BCUT2D eigenvalue weighted by Gasteiger charge is -2.29. The van der Waals surface area contributed by atoms with Gasteiger partial charge >= 0.3 is 0 Å². The maximum absolute atomic E-state index is 12.7. The Kier molecular flexibility index (Phi) is 4.72. The lowest BCUT2D eigenvalue weighted by molar-refractivity contribution is -0.119. The summed E-state index contributed by atoms with van der Waals surface area (Å²) in [7, 11) is 0. The van der Waals surface area contributed by atoms with Crippen molar-refractivity contribution in [2.45, 2.75) is 44.6 Å². The summed E-state index contributed by atoms with van der Waals surface area (Å²) >= 11 is 0. The summed E-state index contributed by atoms with van der Waals surface area (Å²) in [6, 6.07) is -1.00. The van der Waals surface area contributed by atoms with Crippen molar-refractivity contribution in [1.29, 1.82) is 0 Å². The fourth-order valence-electron chi connectivity index (χ4n) is 2.10.